The standard InChI is InChI=1S/C13H19ClN2O4S/c1-20-7-3-6-15-13(17)12-8-11(21(14,18)19)9-16(12)10-4-2-5-10/h8-10H,2-7H2,1H3,(H,15,17). The summed E-state index contributed by atoms with van der Waals surface area (Å²) in [6.07, 6.45) is 5.13. The molecule has 2 rings (SSSR count). The summed E-state index contributed by atoms with van der Waals surface area (Å²) in [5, 5.41) is 2.76. The highest BCUT2D eigenvalue weighted by atomic mass is 35.7. The van der Waals surface area contributed by atoms with Gasteiger partial charge < -0.3 is 14.6 Å². The van der Waals surface area contributed by atoms with Gasteiger partial charge in [0, 0.05) is 43.2 Å². The molecule has 1 aromatic rings. The lowest BCUT2D eigenvalue weighted by Crippen LogP contribution is -2.29. The van der Waals surface area contributed by atoms with Crippen LogP contribution in [-0.4, -0.2) is 39.2 Å². The molecule has 1 amide bonds. The number of halogens is 1. The highest BCUT2D eigenvalue weighted by Gasteiger charge is 2.27. The van der Waals surface area contributed by atoms with Crippen LogP contribution < -0.4 is 5.32 Å². The Balaban J connectivity index is 2.16. The molecular weight excluding hydrogens is 316 g/mol. The Morgan fingerprint density at radius 3 is 2.76 bits per heavy atom. The van der Waals surface area contributed by atoms with Gasteiger partial charge in [0.2, 0.25) is 0 Å². The summed E-state index contributed by atoms with van der Waals surface area (Å²) in [5.41, 5.74) is 0.344. The molecule has 21 heavy (non-hydrogen) atoms. The van der Waals surface area contributed by atoms with Gasteiger partial charge in [0.25, 0.3) is 15.0 Å². The van der Waals surface area contributed by atoms with Gasteiger partial charge in [-0.1, -0.05) is 0 Å². The van der Waals surface area contributed by atoms with E-state index in [4.69, 9.17) is 15.4 Å². The van der Waals surface area contributed by atoms with E-state index in [1.165, 1.54) is 12.3 Å². The van der Waals surface area contributed by atoms with Gasteiger partial charge >= 0.3 is 0 Å². The highest BCUT2D eigenvalue weighted by Crippen LogP contribution is 2.34. The number of nitrogens with one attached hydrogen (secondary N) is 1. The topological polar surface area (TPSA) is 77.4 Å². The van der Waals surface area contributed by atoms with Gasteiger partial charge in [0.1, 0.15) is 10.6 Å². The summed E-state index contributed by atoms with van der Waals surface area (Å²) >= 11 is 0. The predicted molar refractivity (Wildman–Crippen MR) is 79.2 cm³/mol. The van der Waals surface area contributed by atoms with Crippen molar-refractivity contribution in [1.29, 1.82) is 0 Å². The van der Waals surface area contributed by atoms with E-state index in [0.717, 1.165) is 19.3 Å². The van der Waals surface area contributed by atoms with Gasteiger partial charge in [-0.05, 0) is 31.7 Å². The lowest BCUT2D eigenvalue weighted by atomic mass is 9.93. The Hall–Kier alpha value is -1.05. The van der Waals surface area contributed by atoms with E-state index in [0.29, 0.717) is 25.3 Å². The number of hydrogen-bond donors (Lipinski definition) is 1. The van der Waals surface area contributed by atoms with Crippen LogP contribution in [0.4, 0.5) is 0 Å². The van der Waals surface area contributed by atoms with Crippen LogP contribution in [0.5, 0.6) is 0 Å². The minimum absolute atomic E-state index is 0.0295. The van der Waals surface area contributed by atoms with Crippen molar-refractivity contribution >= 4 is 25.6 Å². The number of methoxy groups -OCH3 is 1. The molecule has 0 unspecified atom stereocenters. The maximum absolute atomic E-state index is 12.2. The summed E-state index contributed by atoms with van der Waals surface area (Å²) in [5.74, 6) is -0.287. The summed E-state index contributed by atoms with van der Waals surface area (Å²) in [7, 11) is 3.14. The first-order valence-electron chi connectivity index (χ1n) is 6.87. The van der Waals surface area contributed by atoms with Crippen molar-refractivity contribution in [2.45, 2.75) is 36.6 Å². The SMILES string of the molecule is COCCCNC(=O)c1cc(S(=O)(=O)Cl)cn1C1CCC1. The first kappa shape index (κ1) is 16.3. The second-order valence-corrected chi connectivity index (χ2v) is 7.66. The number of rotatable bonds is 7. The maximum atomic E-state index is 12.2. The quantitative estimate of drug-likeness (QED) is 0.610. The Morgan fingerprint density at radius 1 is 1.52 bits per heavy atom. The van der Waals surface area contributed by atoms with E-state index in [1.807, 2.05) is 0 Å². The Labute approximate surface area is 128 Å². The van der Waals surface area contributed by atoms with Crippen molar-refractivity contribution in [3.63, 3.8) is 0 Å². The van der Waals surface area contributed by atoms with E-state index < -0.39 is 9.05 Å². The van der Waals surface area contributed by atoms with Crippen molar-refractivity contribution in [2.75, 3.05) is 20.3 Å². The number of aromatic nitrogens is 1. The molecule has 0 saturated heterocycles. The fraction of sp³-hybridized carbons (Fsp3) is 0.615. The first-order valence-corrected chi connectivity index (χ1v) is 9.18. The Morgan fingerprint density at radius 2 is 2.24 bits per heavy atom. The van der Waals surface area contributed by atoms with Crippen LogP contribution in [0.15, 0.2) is 17.2 Å². The lowest BCUT2D eigenvalue weighted by molar-refractivity contribution is 0.0933. The number of amides is 1. The fourth-order valence-corrected chi connectivity index (χ4v) is 2.99. The molecule has 0 aliphatic heterocycles. The molecule has 0 bridgehead atoms. The second-order valence-electron chi connectivity index (χ2n) is 5.09. The van der Waals surface area contributed by atoms with Gasteiger partial charge in [-0.3, -0.25) is 4.79 Å². The molecule has 0 atom stereocenters. The highest BCUT2D eigenvalue weighted by molar-refractivity contribution is 8.13. The van der Waals surface area contributed by atoms with Gasteiger partial charge in [-0.25, -0.2) is 8.42 Å². The van der Waals surface area contributed by atoms with Crippen molar-refractivity contribution in [2.24, 2.45) is 0 Å². The van der Waals surface area contributed by atoms with E-state index in [1.54, 1.807) is 11.7 Å². The molecule has 0 radical (unpaired) electrons. The molecule has 8 heteroatoms. The molecule has 0 spiro atoms. The zero-order valence-electron chi connectivity index (χ0n) is 11.8. The van der Waals surface area contributed by atoms with Crippen molar-refractivity contribution in [3.8, 4) is 0 Å². The monoisotopic (exact) mass is 334 g/mol. The molecule has 1 saturated carbocycles. The molecule has 1 N–H and O–H groups in total. The zero-order chi connectivity index (χ0) is 15.5. The normalized spacial score (nSPS) is 15.7. The van der Waals surface area contributed by atoms with Crippen LogP contribution in [0.1, 0.15) is 42.2 Å². The van der Waals surface area contributed by atoms with Crippen LogP contribution in [0.2, 0.25) is 0 Å². The number of nitrogens with zero attached hydrogens (tertiary/aromatic N) is 1. The van der Waals surface area contributed by atoms with Gasteiger partial charge in [0.05, 0.1) is 0 Å². The summed E-state index contributed by atoms with van der Waals surface area (Å²) in [6.45, 7) is 1.04. The van der Waals surface area contributed by atoms with Crippen molar-refractivity contribution < 1.29 is 17.9 Å². The minimum atomic E-state index is -3.83. The largest absolute Gasteiger partial charge is 0.385 e. The van der Waals surface area contributed by atoms with Crippen LogP contribution in [0.25, 0.3) is 0 Å². The summed E-state index contributed by atoms with van der Waals surface area (Å²) in [6, 6.07) is 1.52. The zero-order valence-corrected chi connectivity index (χ0v) is 13.4. The molecule has 1 aromatic heterocycles. The van der Waals surface area contributed by atoms with Crippen LogP contribution in [-0.2, 0) is 13.8 Å². The van der Waals surface area contributed by atoms with Crippen molar-refractivity contribution in [3.05, 3.63) is 18.0 Å². The molecule has 1 aliphatic carbocycles. The predicted octanol–water partition coefficient (Wildman–Crippen LogP) is 1.91. The van der Waals surface area contributed by atoms with E-state index in [-0.39, 0.29) is 16.8 Å². The maximum Gasteiger partial charge on any atom is 0.267 e. The second kappa shape index (κ2) is 6.81. The molecule has 0 aromatic carbocycles. The third kappa shape index (κ3) is 3.99. The molecule has 1 heterocycles. The smallest absolute Gasteiger partial charge is 0.267 e. The molecule has 1 fully saturated rings. The minimum Gasteiger partial charge on any atom is -0.385 e. The average Bonchev–Trinajstić information content (AvgIpc) is 2.77. The van der Waals surface area contributed by atoms with Gasteiger partial charge in [-0.15, -0.1) is 0 Å². The fourth-order valence-electron chi connectivity index (χ4n) is 2.25. The van der Waals surface area contributed by atoms with E-state index >= 15 is 0 Å². The van der Waals surface area contributed by atoms with Crippen LogP contribution >= 0.6 is 10.7 Å². The number of carbonyl (C=O) groups is 1. The van der Waals surface area contributed by atoms with Gasteiger partial charge in [0.15, 0.2) is 0 Å². The van der Waals surface area contributed by atoms with Gasteiger partial charge in [-0.2, -0.15) is 0 Å². The Bertz CT molecular complexity index is 608. The average molecular weight is 335 g/mol. The lowest BCUT2D eigenvalue weighted by Gasteiger charge is -2.28. The molecule has 1 aliphatic rings. The molecular formula is C13H19ClN2O4S. The van der Waals surface area contributed by atoms with Crippen molar-refractivity contribution in [1.82, 2.24) is 9.88 Å². The molecule has 6 nitrogen and oxygen atoms in total. The number of carbonyl (C=O) groups excluding carboxylic acids is 1. The van der Waals surface area contributed by atoms with Crippen LogP contribution in [0, 0.1) is 0 Å². The third-order valence-electron chi connectivity index (χ3n) is 3.62. The number of ether oxygens (including phenoxy) is 1. The molecule has 118 valence electrons. The summed E-state index contributed by atoms with van der Waals surface area (Å²) < 4.78 is 29.5. The third-order valence-corrected chi connectivity index (χ3v) is 4.94. The van der Waals surface area contributed by atoms with Crippen LogP contribution in [0.3, 0.4) is 0 Å². The number of hydrogen-bond acceptors (Lipinski definition) is 4. The first-order chi connectivity index (χ1) is 9.93. The Kier molecular flexibility index (Phi) is 5.29. The van der Waals surface area contributed by atoms with E-state index in [9.17, 15) is 13.2 Å². The summed E-state index contributed by atoms with van der Waals surface area (Å²) in [4.78, 5) is 12.2. The van der Waals surface area contributed by atoms with E-state index in [2.05, 4.69) is 5.32 Å².